The minimum atomic E-state index is -0.234. The van der Waals surface area contributed by atoms with Crippen molar-refractivity contribution >= 4 is 0 Å². The van der Waals surface area contributed by atoms with Gasteiger partial charge in [0, 0.05) is 0 Å². The summed E-state index contributed by atoms with van der Waals surface area (Å²) in [5, 5.41) is 0. The first kappa shape index (κ1) is 10.9. The summed E-state index contributed by atoms with van der Waals surface area (Å²) < 4.78 is 27.3. The monoisotopic (exact) mass is 234 g/mol. The van der Waals surface area contributed by atoms with E-state index in [1.807, 2.05) is 0 Å². The summed E-state index contributed by atoms with van der Waals surface area (Å²) in [5.41, 5.74) is 1.24. The van der Waals surface area contributed by atoms with Gasteiger partial charge in [0.25, 0.3) is 0 Å². The average Bonchev–Trinajstić information content (AvgIpc) is 2.87. The molecule has 2 aliphatic carbocycles. The first-order chi connectivity index (χ1) is 8.25. The van der Waals surface area contributed by atoms with Gasteiger partial charge in [-0.1, -0.05) is 12.2 Å². The fourth-order valence-corrected chi connectivity index (χ4v) is 3.23. The number of allylic oxidation sites excluding steroid dienone is 2. The lowest BCUT2D eigenvalue weighted by molar-refractivity contribution is 0.337. The maximum absolute atomic E-state index is 13.7. The van der Waals surface area contributed by atoms with Gasteiger partial charge in [-0.05, 0) is 67.2 Å². The van der Waals surface area contributed by atoms with E-state index in [0.717, 1.165) is 12.8 Å². The molecular weight excluding hydrogens is 218 g/mol. The Morgan fingerprint density at radius 2 is 1.76 bits per heavy atom. The van der Waals surface area contributed by atoms with Gasteiger partial charge in [0.1, 0.15) is 11.6 Å². The summed E-state index contributed by atoms with van der Waals surface area (Å²) in [6, 6.07) is 2.52. The van der Waals surface area contributed by atoms with Crippen molar-refractivity contribution in [3.05, 3.63) is 47.0 Å². The lowest BCUT2D eigenvalue weighted by Crippen LogP contribution is -2.22. The Labute approximate surface area is 100 Å². The van der Waals surface area contributed by atoms with E-state index >= 15 is 0 Å². The van der Waals surface area contributed by atoms with Crippen LogP contribution in [0, 0.1) is 23.5 Å². The minimum Gasteiger partial charge on any atom is -0.207 e. The van der Waals surface area contributed by atoms with E-state index in [1.54, 1.807) is 0 Å². The average molecular weight is 234 g/mol. The molecule has 0 spiro atoms. The summed E-state index contributed by atoms with van der Waals surface area (Å²) >= 11 is 0. The van der Waals surface area contributed by atoms with Crippen LogP contribution in [-0.2, 0) is 12.8 Å². The van der Waals surface area contributed by atoms with Crippen LogP contribution in [0.5, 0.6) is 0 Å². The van der Waals surface area contributed by atoms with Crippen molar-refractivity contribution < 1.29 is 8.78 Å². The van der Waals surface area contributed by atoms with Gasteiger partial charge < -0.3 is 0 Å². The fraction of sp³-hybridized carbons (Fsp3) is 0.467. The van der Waals surface area contributed by atoms with Crippen LogP contribution in [0.25, 0.3) is 0 Å². The molecule has 0 aromatic heterocycles. The summed E-state index contributed by atoms with van der Waals surface area (Å²) in [6.07, 6.45) is 9.16. The normalized spacial score (nSPS) is 27.2. The highest BCUT2D eigenvalue weighted by atomic mass is 19.1. The molecule has 2 aliphatic rings. The van der Waals surface area contributed by atoms with Crippen molar-refractivity contribution in [3.63, 3.8) is 0 Å². The molecule has 0 amide bonds. The maximum Gasteiger partial charge on any atom is 0.126 e. The highest BCUT2D eigenvalue weighted by Gasteiger charge is 2.29. The van der Waals surface area contributed by atoms with Gasteiger partial charge in [0.15, 0.2) is 0 Å². The molecule has 2 atom stereocenters. The minimum absolute atomic E-state index is 0.229. The van der Waals surface area contributed by atoms with Gasteiger partial charge in [0.05, 0.1) is 0 Å². The van der Waals surface area contributed by atoms with Gasteiger partial charge in [-0.15, -0.1) is 0 Å². The second-order valence-electron chi connectivity index (χ2n) is 5.16. The number of benzene rings is 1. The third-order valence-corrected chi connectivity index (χ3v) is 4.20. The number of halogens is 2. The van der Waals surface area contributed by atoms with Gasteiger partial charge in [-0.2, -0.15) is 0 Å². The lowest BCUT2D eigenvalue weighted by Gasteiger charge is -2.29. The molecule has 17 heavy (non-hydrogen) atoms. The molecule has 0 saturated heterocycles. The van der Waals surface area contributed by atoms with Gasteiger partial charge >= 0.3 is 0 Å². The van der Waals surface area contributed by atoms with E-state index in [9.17, 15) is 8.78 Å². The predicted octanol–water partition coefficient (Wildman–Crippen LogP) is 4.04. The third-order valence-electron chi connectivity index (χ3n) is 4.20. The van der Waals surface area contributed by atoms with Gasteiger partial charge in [0.2, 0.25) is 0 Å². The third kappa shape index (κ3) is 1.90. The molecule has 2 unspecified atom stereocenters. The Bertz CT molecular complexity index is 462. The quantitative estimate of drug-likeness (QED) is 0.643. The van der Waals surface area contributed by atoms with Crippen molar-refractivity contribution in [1.29, 1.82) is 0 Å². The molecule has 0 aliphatic heterocycles. The molecule has 0 nitrogen and oxygen atoms in total. The number of hydrogen-bond acceptors (Lipinski definition) is 0. The number of hydrogen-bond donors (Lipinski definition) is 0. The molecular formula is C15H16F2. The van der Waals surface area contributed by atoms with Crippen molar-refractivity contribution in [2.24, 2.45) is 11.8 Å². The Morgan fingerprint density at radius 1 is 1.00 bits per heavy atom. The molecule has 1 aromatic rings. The van der Waals surface area contributed by atoms with E-state index in [2.05, 4.69) is 12.2 Å². The number of rotatable bonds is 1. The summed E-state index contributed by atoms with van der Waals surface area (Å²) in [7, 11) is 0. The zero-order valence-corrected chi connectivity index (χ0v) is 9.76. The maximum atomic E-state index is 13.7. The zero-order chi connectivity index (χ0) is 11.8. The van der Waals surface area contributed by atoms with Crippen LogP contribution in [-0.4, -0.2) is 0 Å². The largest absolute Gasteiger partial charge is 0.207 e. The molecule has 0 radical (unpaired) electrons. The lowest BCUT2D eigenvalue weighted by atomic mass is 9.76. The van der Waals surface area contributed by atoms with Crippen molar-refractivity contribution in [2.75, 3.05) is 0 Å². The molecule has 0 N–H and O–H groups in total. The van der Waals surface area contributed by atoms with Crippen LogP contribution in [0.2, 0.25) is 0 Å². The molecule has 0 saturated carbocycles. The van der Waals surface area contributed by atoms with Crippen LogP contribution < -0.4 is 0 Å². The number of fused-ring (bicyclic) bond motifs is 1. The zero-order valence-electron chi connectivity index (χ0n) is 9.76. The summed E-state index contributed by atoms with van der Waals surface area (Å²) in [4.78, 5) is 0. The summed E-state index contributed by atoms with van der Waals surface area (Å²) in [6.45, 7) is 0. The standard InChI is InChI=1S/C15H16F2/c16-14-7-8-15(17)13-9-11(5-6-12(13)14)10-3-1-2-4-10/h1,3,7-8,10-11H,2,4-6,9H2. The first-order valence-corrected chi connectivity index (χ1v) is 6.38. The van der Waals surface area contributed by atoms with Crippen LogP contribution >= 0.6 is 0 Å². The predicted molar refractivity (Wildman–Crippen MR) is 63.7 cm³/mol. The molecule has 0 bridgehead atoms. The van der Waals surface area contributed by atoms with Crippen LogP contribution in [0.3, 0.4) is 0 Å². The van der Waals surface area contributed by atoms with E-state index in [4.69, 9.17) is 0 Å². The molecule has 3 rings (SSSR count). The van der Waals surface area contributed by atoms with E-state index in [-0.39, 0.29) is 11.6 Å². The van der Waals surface area contributed by atoms with Crippen molar-refractivity contribution in [1.82, 2.24) is 0 Å². The Balaban J connectivity index is 1.89. The smallest absolute Gasteiger partial charge is 0.126 e. The molecule has 2 heteroatoms. The Kier molecular flexibility index (Phi) is 2.73. The Morgan fingerprint density at radius 3 is 2.47 bits per heavy atom. The van der Waals surface area contributed by atoms with Crippen LogP contribution in [0.15, 0.2) is 24.3 Å². The second-order valence-corrected chi connectivity index (χ2v) is 5.16. The fourth-order valence-electron chi connectivity index (χ4n) is 3.23. The Hall–Kier alpha value is -1.18. The van der Waals surface area contributed by atoms with Crippen molar-refractivity contribution in [2.45, 2.75) is 32.1 Å². The van der Waals surface area contributed by atoms with E-state index in [0.29, 0.717) is 35.8 Å². The van der Waals surface area contributed by atoms with Gasteiger partial charge in [-0.25, -0.2) is 8.78 Å². The van der Waals surface area contributed by atoms with E-state index in [1.165, 1.54) is 18.6 Å². The van der Waals surface area contributed by atoms with Gasteiger partial charge in [-0.3, -0.25) is 0 Å². The van der Waals surface area contributed by atoms with Crippen molar-refractivity contribution in [3.8, 4) is 0 Å². The highest BCUT2D eigenvalue weighted by molar-refractivity contribution is 5.33. The molecule has 0 fully saturated rings. The van der Waals surface area contributed by atoms with Crippen LogP contribution in [0.4, 0.5) is 8.78 Å². The first-order valence-electron chi connectivity index (χ1n) is 6.38. The molecule has 90 valence electrons. The van der Waals surface area contributed by atoms with Crippen LogP contribution in [0.1, 0.15) is 30.4 Å². The SMILES string of the molecule is Fc1ccc(F)c2c1CCC(C1C=CCC1)C2. The highest BCUT2D eigenvalue weighted by Crippen LogP contribution is 2.37. The second kappa shape index (κ2) is 4.25. The molecule has 1 aromatic carbocycles. The summed E-state index contributed by atoms with van der Waals surface area (Å²) in [5.74, 6) is 0.609. The molecule has 0 heterocycles. The van der Waals surface area contributed by atoms with E-state index < -0.39 is 0 Å². The topological polar surface area (TPSA) is 0 Å².